The first kappa shape index (κ1) is 16.6. The van der Waals surface area contributed by atoms with Crippen LogP contribution in [0.3, 0.4) is 0 Å². The molecule has 0 unspecified atom stereocenters. The summed E-state index contributed by atoms with van der Waals surface area (Å²) in [4.78, 5) is 23.7. The number of rotatable bonds is 4. The van der Waals surface area contributed by atoms with E-state index in [4.69, 9.17) is 4.42 Å². The highest BCUT2D eigenvalue weighted by Gasteiger charge is 2.30. The molecular formula is C15H13F3N2O3. The molecule has 1 atom stereocenters. The van der Waals surface area contributed by atoms with Crippen LogP contribution < -0.4 is 10.6 Å². The number of hydrogen-bond acceptors (Lipinski definition) is 3. The van der Waals surface area contributed by atoms with Crippen LogP contribution in [-0.4, -0.2) is 17.9 Å². The number of alkyl halides is 3. The number of anilines is 1. The summed E-state index contributed by atoms with van der Waals surface area (Å²) in [5, 5.41) is 4.87. The number of benzene rings is 1. The standard InChI is InChI=1S/C15H13F3N2O3/c1-9(19-14(22)10-6-7-23-8-10)13(21)20-12-4-2-11(3-5-12)15(16,17)18/h2-9H,1H3,(H,19,22)(H,20,21)/t9-/m0/s1. The van der Waals surface area contributed by atoms with E-state index in [2.05, 4.69) is 10.6 Å². The molecule has 2 N–H and O–H groups in total. The summed E-state index contributed by atoms with van der Waals surface area (Å²) in [7, 11) is 0. The van der Waals surface area contributed by atoms with Gasteiger partial charge in [0.2, 0.25) is 5.91 Å². The first-order chi connectivity index (χ1) is 10.8. The van der Waals surface area contributed by atoms with Crippen molar-refractivity contribution in [2.24, 2.45) is 0 Å². The lowest BCUT2D eigenvalue weighted by molar-refractivity contribution is -0.137. The molecule has 1 aromatic carbocycles. The van der Waals surface area contributed by atoms with Crippen molar-refractivity contribution in [2.75, 3.05) is 5.32 Å². The highest BCUT2D eigenvalue weighted by Crippen LogP contribution is 2.29. The number of hydrogen-bond donors (Lipinski definition) is 2. The molecule has 122 valence electrons. The fourth-order valence-electron chi connectivity index (χ4n) is 1.73. The normalized spacial score (nSPS) is 12.5. The Labute approximate surface area is 129 Å². The molecule has 5 nitrogen and oxygen atoms in total. The Balaban J connectivity index is 1.94. The van der Waals surface area contributed by atoms with E-state index in [1.807, 2.05) is 0 Å². The van der Waals surface area contributed by atoms with Gasteiger partial charge in [0.25, 0.3) is 5.91 Å². The van der Waals surface area contributed by atoms with Gasteiger partial charge in [0.15, 0.2) is 0 Å². The van der Waals surface area contributed by atoms with Crippen molar-refractivity contribution >= 4 is 17.5 Å². The van der Waals surface area contributed by atoms with Gasteiger partial charge in [-0.2, -0.15) is 13.2 Å². The second kappa shape index (κ2) is 6.55. The van der Waals surface area contributed by atoms with Crippen LogP contribution in [0.2, 0.25) is 0 Å². The monoisotopic (exact) mass is 326 g/mol. The average molecular weight is 326 g/mol. The van der Waals surface area contributed by atoms with Crippen molar-refractivity contribution in [1.29, 1.82) is 0 Å². The maximum atomic E-state index is 12.4. The zero-order valence-corrected chi connectivity index (χ0v) is 12.0. The Morgan fingerprint density at radius 3 is 2.30 bits per heavy atom. The summed E-state index contributed by atoms with van der Waals surface area (Å²) >= 11 is 0. The maximum Gasteiger partial charge on any atom is 0.416 e. The van der Waals surface area contributed by atoms with Crippen LogP contribution in [0.25, 0.3) is 0 Å². The molecule has 0 aliphatic carbocycles. The molecule has 0 fully saturated rings. The molecule has 23 heavy (non-hydrogen) atoms. The molecule has 0 radical (unpaired) electrons. The van der Waals surface area contributed by atoms with Gasteiger partial charge in [0.05, 0.1) is 17.4 Å². The van der Waals surface area contributed by atoms with Gasteiger partial charge < -0.3 is 15.1 Å². The predicted octanol–water partition coefficient (Wildman–Crippen LogP) is 3.06. The Morgan fingerprint density at radius 1 is 1.13 bits per heavy atom. The summed E-state index contributed by atoms with van der Waals surface area (Å²) in [5.41, 5.74) is -0.344. The molecule has 8 heteroatoms. The van der Waals surface area contributed by atoms with Gasteiger partial charge in [0.1, 0.15) is 12.3 Å². The fraction of sp³-hybridized carbons (Fsp3) is 0.200. The lowest BCUT2D eigenvalue weighted by Gasteiger charge is -2.14. The molecule has 2 amide bonds. The summed E-state index contributed by atoms with van der Waals surface area (Å²) in [6.45, 7) is 1.46. The second-order valence-electron chi connectivity index (χ2n) is 4.77. The van der Waals surface area contributed by atoms with E-state index in [-0.39, 0.29) is 11.3 Å². The van der Waals surface area contributed by atoms with Gasteiger partial charge in [-0.1, -0.05) is 0 Å². The molecule has 1 heterocycles. The van der Waals surface area contributed by atoms with Crippen LogP contribution in [0.15, 0.2) is 47.3 Å². The van der Waals surface area contributed by atoms with Crippen LogP contribution in [0.1, 0.15) is 22.8 Å². The largest absolute Gasteiger partial charge is 0.472 e. The minimum Gasteiger partial charge on any atom is -0.472 e. The minimum atomic E-state index is -4.44. The van der Waals surface area contributed by atoms with Gasteiger partial charge in [-0.15, -0.1) is 0 Å². The van der Waals surface area contributed by atoms with Gasteiger partial charge in [-0.05, 0) is 37.3 Å². The Kier molecular flexibility index (Phi) is 4.73. The van der Waals surface area contributed by atoms with Crippen molar-refractivity contribution in [3.63, 3.8) is 0 Å². The van der Waals surface area contributed by atoms with E-state index in [0.29, 0.717) is 0 Å². The van der Waals surface area contributed by atoms with E-state index < -0.39 is 29.6 Å². The van der Waals surface area contributed by atoms with Gasteiger partial charge in [-0.25, -0.2) is 0 Å². The number of furan rings is 1. The first-order valence-corrected chi connectivity index (χ1v) is 6.58. The smallest absolute Gasteiger partial charge is 0.416 e. The summed E-state index contributed by atoms with van der Waals surface area (Å²) < 4.78 is 42.1. The van der Waals surface area contributed by atoms with Gasteiger partial charge in [-0.3, -0.25) is 9.59 Å². The van der Waals surface area contributed by atoms with Gasteiger partial charge in [0, 0.05) is 5.69 Å². The van der Waals surface area contributed by atoms with Crippen molar-refractivity contribution in [3.05, 3.63) is 54.0 Å². The third-order valence-corrected chi connectivity index (χ3v) is 3.00. The molecule has 1 aromatic heterocycles. The third kappa shape index (κ3) is 4.35. The summed E-state index contributed by atoms with van der Waals surface area (Å²) in [6, 6.07) is 4.58. The second-order valence-corrected chi connectivity index (χ2v) is 4.77. The molecule has 0 spiro atoms. The molecular weight excluding hydrogens is 313 g/mol. The topological polar surface area (TPSA) is 71.3 Å². The molecule has 0 bridgehead atoms. The van der Waals surface area contributed by atoms with Crippen LogP contribution >= 0.6 is 0 Å². The Morgan fingerprint density at radius 2 is 1.78 bits per heavy atom. The van der Waals surface area contributed by atoms with E-state index in [9.17, 15) is 22.8 Å². The average Bonchev–Trinajstić information content (AvgIpc) is 3.01. The Bertz CT molecular complexity index is 679. The Hall–Kier alpha value is -2.77. The molecule has 0 aliphatic rings. The lowest BCUT2D eigenvalue weighted by atomic mass is 10.2. The molecule has 0 aliphatic heterocycles. The highest BCUT2D eigenvalue weighted by molar-refractivity contribution is 6.00. The first-order valence-electron chi connectivity index (χ1n) is 6.58. The van der Waals surface area contributed by atoms with E-state index in [0.717, 1.165) is 24.3 Å². The van der Waals surface area contributed by atoms with Crippen molar-refractivity contribution < 1.29 is 27.2 Å². The quantitative estimate of drug-likeness (QED) is 0.907. The van der Waals surface area contributed by atoms with Crippen molar-refractivity contribution in [1.82, 2.24) is 5.32 Å². The molecule has 0 saturated heterocycles. The van der Waals surface area contributed by atoms with Crippen LogP contribution in [0.4, 0.5) is 18.9 Å². The zero-order chi connectivity index (χ0) is 17.0. The number of carbonyl (C=O) groups is 2. The lowest BCUT2D eigenvalue weighted by Crippen LogP contribution is -2.41. The van der Waals surface area contributed by atoms with Crippen molar-refractivity contribution in [2.45, 2.75) is 19.1 Å². The summed E-state index contributed by atoms with van der Waals surface area (Å²) in [6.07, 6.45) is -1.88. The predicted molar refractivity (Wildman–Crippen MR) is 75.7 cm³/mol. The number of amides is 2. The van der Waals surface area contributed by atoms with E-state index in [1.54, 1.807) is 0 Å². The van der Waals surface area contributed by atoms with Crippen LogP contribution in [0.5, 0.6) is 0 Å². The highest BCUT2D eigenvalue weighted by atomic mass is 19.4. The van der Waals surface area contributed by atoms with E-state index in [1.165, 1.54) is 25.5 Å². The molecule has 2 rings (SSSR count). The number of carbonyl (C=O) groups excluding carboxylic acids is 2. The number of nitrogens with one attached hydrogen (secondary N) is 2. The third-order valence-electron chi connectivity index (χ3n) is 3.00. The SMILES string of the molecule is C[C@H](NC(=O)c1ccoc1)C(=O)Nc1ccc(C(F)(F)F)cc1. The maximum absolute atomic E-state index is 12.4. The zero-order valence-electron chi connectivity index (χ0n) is 12.0. The number of halogens is 3. The van der Waals surface area contributed by atoms with Crippen LogP contribution in [-0.2, 0) is 11.0 Å². The molecule has 2 aromatic rings. The van der Waals surface area contributed by atoms with Gasteiger partial charge >= 0.3 is 6.18 Å². The van der Waals surface area contributed by atoms with Crippen LogP contribution in [0, 0.1) is 0 Å². The molecule has 0 saturated carbocycles. The summed E-state index contributed by atoms with van der Waals surface area (Å²) in [5.74, 6) is -1.05. The minimum absolute atomic E-state index is 0.201. The van der Waals surface area contributed by atoms with Crippen molar-refractivity contribution in [3.8, 4) is 0 Å². The fourth-order valence-corrected chi connectivity index (χ4v) is 1.73. The van der Waals surface area contributed by atoms with E-state index >= 15 is 0 Å².